The van der Waals surface area contributed by atoms with Gasteiger partial charge in [-0.3, -0.25) is 5.32 Å². The van der Waals surface area contributed by atoms with Gasteiger partial charge in [0.25, 0.3) is 0 Å². The van der Waals surface area contributed by atoms with Crippen LogP contribution in [0.5, 0.6) is 0 Å². The quantitative estimate of drug-likeness (QED) is 0.921. The summed E-state index contributed by atoms with van der Waals surface area (Å²) < 4.78 is 0. The Hall–Kier alpha value is -1.47. The number of urea groups is 1. The zero-order valence-corrected chi connectivity index (χ0v) is 12.8. The Balaban J connectivity index is 1.74. The highest BCUT2D eigenvalue weighted by atomic mass is 32.1. The first-order valence-corrected chi connectivity index (χ1v) is 8.39. The maximum atomic E-state index is 12.4. The van der Waals surface area contributed by atoms with Gasteiger partial charge in [-0.15, -0.1) is 22.7 Å². The molecule has 1 aliphatic heterocycles. The highest BCUT2D eigenvalue weighted by Crippen LogP contribution is 2.32. The molecule has 5 nitrogen and oxygen atoms in total. The number of nitrogens with zero attached hydrogens (tertiary/aromatic N) is 3. The summed E-state index contributed by atoms with van der Waals surface area (Å²) in [4.78, 5) is 23.0. The van der Waals surface area contributed by atoms with Crippen LogP contribution in [-0.2, 0) is 0 Å². The van der Waals surface area contributed by atoms with Crippen molar-refractivity contribution in [2.45, 2.75) is 32.2 Å². The van der Waals surface area contributed by atoms with E-state index in [9.17, 15) is 4.79 Å². The lowest BCUT2D eigenvalue weighted by molar-refractivity contribution is 0.163. The fraction of sp³-hybridized carbons (Fsp3) is 0.462. The molecule has 3 rings (SSSR count). The number of thiazole rings is 2. The topological polar surface area (TPSA) is 58.1 Å². The number of carbonyl (C=O) groups excluding carboxylic acids is 1. The van der Waals surface area contributed by atoms with E-state index in [1.54, 1.807) is 17.5 Å². The van der Waals surface area contributed by atoms with E-state index < -0.39 is 0 Å². The molecule has 0 saturated carbocycles. The SMILES string of the molecule is Cc1csc(NC(=O)N2CCCC[C@@H]2c2nccs2)n1. The molecule has 106 valence electrons. The van der Waals surface area contributed by atoms with Gasteiger partial charge >= 0.3 is 6.03 Å². The second-order valence-electron chi connectivity index (χ2n) is 4.80. The molecule has 0 radical (unpaired) electrons. The fourth-order valence-electron chi connectivity index (χ4n) is 2.41. The van der Waals surface area contributed by atoms with E-state index in [0.29, 0.717) is 5.13 Å². The lowest BCUT2D eigenvalue weighted by atomic mass is 10.0. The summed E-state index contributed by atoms with van der Waals surface area (Å²) >= 11 is 3.07. The molecule has 1 N–H and O–H groups in total. The molecule has 1 aliphatic rings. The zero-order chi connectivity index (χ0) is 13.9. The Labute approximate surface area is 125 Å². The molecule has 0 aromatic carbocycles. The first-order valence-electron chi connectivity index (χ1n) is 6.63. The number of piperidine rings is 1. The van der Waals surface area contributed by atoms with Crippen LogP contribution in [-0.4, -0.2) is 27.4 Å². The molecule has 7 heteroatoms. The number of likely N-dealkylation sites (tertiary alicyclic amines) is 1. The van der Waals surface area contributed by atoms with Crippen molar-refractivity contribution in [2.75, 3.05) is 11.9 Å². The number of carbonyl (C=O) groups is 1. The van der Waals surface area contributed by atoms with Gasteiger partial charge in [-0.25, -0.2) is 14.8 Å². The van der Waals surface area contributed by atoms with Gasteiger partial charge in [-0.05, 0) is 26.2 Å². The van der Waals surface area contributed by atoms with Crippen LogP contribution in [0.15, 0.2) is 17.0 Å². The molecule has 2 aromatic rings. The maximum Gasteiger partial charge on any atom is 0.324 e. The average molecular weight is 308 g/mol. The number of hydrogen-bond donors (Lipinski definition) is 1. The molecule has 1 saturated heterocycles. The molecule has 0 unspecified atom stereocenters. The minimum Gasteiger partial charge on any atom is -0.315 e. The van der Waals surface area contributed by atoms with Crippen LogP contribution in [0.3, 0.4) is 0 Å². The van der Waals surface area contributed by atoms with Crippen molar-refractivity contribution in [1.29, 1.82) is 0 Å². The summed E-state index contributed by atoms with van der Waals surface area (Å²) in [6.07, 6.45) is 4.98. The van der Waals surface area contributed by atoms with E-state index in [2.05, 4.69) is 15.3 Å². The monoisotopic (exact) mass is 308 g/mol. The average Bonchev–Trinajstić information content (AvgIpc) is 3.10. The Bertz CT molecular complexity index is 581. The van der Waals surface area contributed by atoms with Gasteiger partial charge < -0.3 is 4.90 Å². The van der Waals surface area contributed by atoms with E-state index in [1.165, 1.54) is 11.3 Å². The van der Waals surface area contributed by atoms with Crippen molar-refractivity contribution in [3.63, 3.8) is 0 Å². The van der Waals surface area contributed by atoms with Crippen molar-refractivity contribution in [3.05, 3.63) is 27.7 Å². The summed E-state index contributed by atoms with van der Waals surface area (Å²) in [6, 6.07) is 0.0315. The van der Waals surface area contributed by atoms with Crippen molar-refractivity contribution < 1.29 is 4.79 Å². The van der Waals surface area contributed by atoms with Crippen molar-refractivity contribution in [2.24, 2.45) is 0 Å². The van der Waals surface area contributed by atoms with E-state index in [-0.39, 0.29) is 12.1 Å². The largest absolute Gasteiger partial charge is 0.324 e. The summed E-state index contributed by atoms with van der Waals surface area (Å²) in [5, 5.41) is 8.48. The third-order valence-corrected chi connectivity index (χ3v) is 5.09. The number of nitrogens with one attached hydrogen (secondary N) is 1. The van der Waals surface area contributed by atoms with Gasteiger partial charge in [-0.1, -0.05) is 0 Å². The maximum absolute atomic E-state index is 12.4. The molecule has 2 aromatic heterocycles. The normalized spacial score (nSPS) is 19.1. The van der Waals surface area contributed by atoms with E-state index in [0.717, 1.165) is 36.5 Å². The van der Waals surface area contributed by atoms with E-state index >= 15 is 0 Å². The Morgan fingerprint density at radius 1 is 1.45 bits per heavy atom. The Morgan fingerprint density at radius 3 is 3.05 bits per heavy atom. The second kappa shape index (κ2) is 5.88. The Morgan fingerprint density at radius 2 is 2.35 bits per heavy atom. The van der Waals surface area contributed by atoms with Crippen molar-refractivity contribution in [1.82, 2.24) is 14.9 Å². The highest BCUT2D eigenvalue weighted by molar-refractivity contribution is 7.13. The van der Waals surface area contributed by atoms with Crippen LogP contribution >= 0.6 is 22.7 Å². The summed E-state index contributed by atoms with van der Waals surface area (Å²) in [5.74, 6) is 0. The minimum absolute atomic E-state index is 0.0701. The number of amides is 2. The zero-order valence-electron chi connectivity index (χ0n) is 11.2. The number of aryl methyl sites for hydroxylation is 1. The molecule has 0 bridgehead atoms. The Kier molecular flexibility index (Phi) is 3.98. The number of aromatic nitrogens is 2. The van der Waals surface area contributed by atoms with Gasteiger partial charge in [0.1, 0.15) is 5.01 Å². The van der Waals surface area contributed by atoms with Gasteiger partial charge in [0.05, 0.1) is 11.7 Å². The smallest absolute Gasteiger partial charge is 0.315 e. The van der Waals surface area contributed by atoms with Gasteiger partial charge in [0.15, 0.2) is 5.13 Å². The van der Waals surface area contributed by atoms with Crippen molar-refractivity contribution >= 4 is 33.8 Å². The minimum atomic E-state index is -0.0701. The first-order chi connectivity index (χ1) is 9.74. The molecule has 0 spiro atoms. The fourth-order valence-corrected chi connectivity index (χ4v) is 3.87. The number of hydrogen-bond acceptors (Lipinski definition) is 5. The van der Waals surface area contributed by atoms with Crippen molar-refractivity contribution in [3.8, 4) is 0 Å². The van der Waals surface area contributed by atoms with Crippen LogP contribution in [0.4, 0.5) is 9.93 Å². The molecule has 3 heterocycles. The standard InChI is InChI=1S/C13H16N4OS2/c1-9-8-20-12(15-9)16-13(18)17-6-3-2-4-10(17)11-14-5-7-19-11/h5,7-8,10H,2-4,6H2,1H3,(H,15,16,18)/t10-/m1/s1. The molecule has 20 heavy (non-hydrogen) atoms. The van der Waals surface area contributed by atoms with Gasteiger partial charge in [-0.2, -0.15) is 0 Å². The third-order valence-electron chi connectivity index (χ3n) is 3.33. The number of rotatable bonds is 2. The highest BCUT2D eigenvalue weighted by Gasteiger charge is 2.29. The summed E-state index contributed by atoms with van der Waals surface area (Å²) in [5.41, 5.74) is 0.931. The molecule has 2 amide bonds. The van der Waals surface area contributed by atoms with Gasteiger partial charge in [0.2, 0.25) is 0 Å². The molecule has 0 aliphatic carbocycles. The predicted octanol–water partition coefficient (Wildman–Crippen LogP) is 3.67. The van der Waals surface area contributed by atoms with Crippen LogP contribution in [0.2, 0.25) is 0 Å². The molecular formula is C13H16N4OS2. The molecule has 1 fully saturated rings. The van der Waals surface area contributed by atoms with Crippen LogP contribution in [0.25, 0.3) is 0 Å². The lowest BCUT2D eigenvalue weighted by Gasteiger charge is -2.34. The van der Waals surface area contributed by atoms with Gasteiger partial charge in [0, 0.05) is 23.5 Å². The first kappa shape index (κ1) is 13.5. The van der Waals surface area contributed by atoms with E-state index in [1.807, 2.05) is 22.6 Å². The molecular weight excluding hydrogens is 292 g/mol. The third kappa shape index (κ3) is 2.83. The van der Waals surface area contributed by atoms with Crippen LogP contribution < -0.4 is 5.32 Å². The lowest BCUT2D eigenvalue weighted by Crippen LogP contribution is -2.41. The summed E-state index contributed by atoms with van der Waals surface area (Å²) in [6.45, 7) is 2.70. The number of anilines is 1. The predicted molar refractivity (Wildman–Crippen MR) is 81.3 cm³/mol. The summed E-state index contributed by atoms with van der Waals surface area (Å²) in [7, 11) is 0. The van der Waals surface area contributed by atoms with Crippen LogP contribution in [0.1, 0.15) is 36.0 Å². The second-order valence-corrected chi connectivity index (χ2v) is 6.58. The van der Waals surface area contributed by atoms with Crippen LogP contribution in [0, 0.1) is 6.92 Å². The van der Waals surface area contributed by atoms with E-state index in [4.69, 9.17) is 0 Å². The molecule has 1 atom stereocenters.